The van der Waals surface area contributed by atoms with Crippen LogP contribution in [0.2, 0.25) is 0 Å². The molecule has 0 saturated carbocycles. The normalized spacial score (nSPS) is 41.1. The molecule has 1 fully saturated rings. The summed E-state index contributed by atoms with van der Waals surface area (Å²) in [5.41, 5.74) is 0. The number of fused-ring (bicyclic) bond motifs is 3. The minimum atomic E-state index is 0.292. The maximum absolute atomic E-state index is 11.9. The molecule has 0 spiro atoms. The van der Waals surface area contributed by atoms with Gasteiger partial charge in [0.15, 0.2) is 0 Å². The summed E-state index contributed by atoms with van der Waals surface area (Å²) < 4.78 is 0. The molecule has 68 valence electrons. The van der Waals surface area contributed by atoms with Gasteiger partial charge < -0.3 is 4.90 Å². The van der Waals surface area contributed by atoms with E-state index >= 15 is 0 Å². The minimum Gasteiger partial charge on any atom is -0.332 e. The molecule has 1 saturated heterocycles. The number of hydrogen-bond donors (Lipinski definition) is 0. The second-order valence-corrected chi connectivity index (χ2v) is 4.10. The van der Waals surface area contributed by atoms with Crippen molar-refractivity contribution in [2.45, 2.75) is 18.9 Å². The molecule has 3 rings (SSSR count). The van der Waals surface area contributed by atoms with E-state index in [0.717, 1.165) is 19.4 Å². The third kappa shape index (κ3) is 0.859. The zero-order valence-corrected chi connectivity index (χ0v) is 7.52. The molecular weight excluding hydrogens is 162 g/mol. The van der Waals surface area contributed by atoms with Crippen molar-refractivity contribution in [2.24, 2.45) is 11.8 Å². The van der Waals surface area contributed by atoms with E-state index in [1.54, 1.807) is 0 Å². The van der Waals surface area contributed by atoms with Crippen LogP contribution in [0.5, 0.6) is 0 Å². The molecule has 0 aromatic rings. The fourth-order valence-corrected chi connectivity index (χ4v) is 2.82. The first-order valence-corrected chi connectivity index (χ1v) is 5.02. The smallest absolute Gasteiger partial charge is 0.227 e. The molecule has 3 atom stereocenters. The first-order valence-electron chi connectivity index (χ1n) is 5.02. The van der Waals surface area contributed by atoms with Gasteiger partial charge in [-0.1, -0.05) is 24.3 Å². The van der Waals surface area contributed by atoms with Crippen molar-refractivity contribution in [1.82, 2.24) is 4.90 Å². The second kappa shape index (κ2) is 2.47. The van der Waals surface area contributed by atoms with E-state index in [1.165, 1.54) is 0 Å². The summed E-state index contributed by atoms with van der Waals surface area (Å²) in [5.74, 6) is 1.14. The first kappa shape index (κ1) is 7.36. The minimum absolute atomic E-state index is 0.292. The van der Waals surface area contributed by atoms with Crippen LogP contribution in [0.4, 0.5) is 0 Å². The van der Waals surface area contributed by atoms with Gasteiger partial charge in [-0.2, -0.15) is 0 Å². The molecule has 2 aliphatic heterocycles. The standard InChI is InChI=1S/C11H13NO/c13-11-9-5-2-1-4-8(9)10-6-3-7-12(10)11/h1,3-4,6,8-10H,2,5,7H2. The van der Waals surface area contributed by atoms with Crippen LogP contribution in [0.3, 0.4) is 0 Å². The second-order valence-electron chi connectivity index (χ2n) is 4.10. The van der Waals surface area contributed by atoms with Crippen LogP contribution in [0.1, 0.15) is 12.8 Å². The average Bonchev–Trinajstić information content (AvgIpc) is 2.72. The van der Waals surface area contributed by atoms with E-state index < -0.39 is 0 Å². The lowest BCUT2D eigenvalue weighted by Gasteiger charge is -2.19. The Hall–Kier alpha value is -1.05. The molecule has 2 heteroatoms. The number of nitrogens with zero attached hydrogens (tertiary/aromatic N) is 1. The molecule has 2 nitrogen and oxygen atoms in total. The van der Waals surface area contributed by atoms with Gasteiger partial charge in [0.25, 0.3) is 0 Å². The molecular formula is C11H13NO. The lowest BCUT2D eigenvalue weighted by molar-refractivity contribution is -0.131. The van der Waals surface area contributed by atoms with Gasteiger partial charge in [-0.25, -0.2) is 0 Å². The highest BCUT2D eigenvalue weighted by atomic mass is 16.2. The van der Waals surface area contributed by atoms with Gasteiger partial charge >= 0.3 is 0 Å². The molecule has 0 N–H and O–H groups in total. The molecule has 1 aliphatic carbocycles. The van der Waals surface area contributed by atoms with E-state index in [4.69, 9.17) is 0 Å². The van der Waals surface area contributed by atoms with Crippen LogP contribution in [0.15, 0.2) is 24.3 Å². The molecule has 1 amide bonds. The summed E-state index contributed by atoms with van der Waals surface area (Å²) in [6.45, 7) is 0.838. The fourth-order valence-electron chi connectivity index (χ4n) is 2.82. The van der Waals surface area contributed by atoms with Crippen molar-refractivity contribution in [2.75, 3.05) is 6.54 Å². The Labute approximate surface area is 77.9 Å². The van der Waals surface area contributed by atoms with Crippen molar-refractivity contribution in [3.63, 3.8) is 0 Å². The van der Waals surface area contributed by atoms with Crippen molar-refractivity contribution >= 4 is 5.91 Å². The predicted molar refractivity (Wildman–Crippen MR) is 50.0 cm³/mol. The molecule has 0 aromatic carbocycles. The number of carbonyl (C=O) groups excluding carboxylic acids is 1. The SMILES string of the molecule is O=C1C2CCC=CC2C2C=CCN12. The van der Waals surface area contributed by atoms with Crippen LogP contribution in [0.25, 0.3) is 0 Å². The lowest BCUT2D eigenvalue weighted by Crippen LogP contribution is -2.29. The van der Waals surface area contributed by atoms with Crippen LogP contribution in [-0.2, 0) is 4.79 Å². The largest absolute Gasteiger partial charge is 0.332 e. The van der Waals surface area contributed by atoms with E-state index in [9.17, 15) is 4.79 Å². The van der Waals surface area contributed by atoms with E-state index in [-0.39, 0.29) is 0 Å². The summed E-state index contributed by atoms with van der Waals surface area (Å²) >= 11 is 0. The summed E-state index contributed by atoms with van der Waals surface area (Å²) in [5, 5.41) is 0. The summed E-state index contributed by atoms with van der Waals surface area (Å²) in [7, 11) is 0. The van der Waals surface area contributed by atoms with Gasteiger partial charge in [0.2, 0.25) is 5.91 Å². The number of rotatable bonds is 0. The number of allylic oxidation sites excluding steroid dienone is 1. The van der Waals surface area contributed by atoms with E-state index in [2.05, 4.69) is 24.3 Å². The van der Waals surface area contributed by atoms with Crippen LogP contribution < -0.4 is 0 Å². The number of amides is 1. The van der Waals surface area contributed by atoms with Crippen molar-refractivity contribution in [3.8, 4) is 0 Å². The highest BCUT2D eigenvalue weighted by molar-refractivity contribution is 5.84. The summed E-state index contributed by atoms with van der Waals surface area (Å²) in [6.07, 6.45) is 10.9. The maximum Gasteiger partial charge on any atom is 0.227 e. The van der Waals surface area contributed by atoms with Crippen LogP contribution >= 0.6 is 0 Å². The maximum atomic E-state index is 11.9. The molecule has 3 aliphatic rings. The Morgan fingerprint density at radius 2 is 2.23 bits per heavy atom. The van der Waals surface area contributed by atoms with Crippen LogP contribution in [-0.4, -0.2) is 23.4 Å². The van der Waals surface area contributed by atoms with Gasteiger partial charge in [0.1, 0.15) is 0 Å². The average molecular weight is 175 g/mol. The monoisotopic (exact) mass is 175 g/mol. The van der Waals surface area contributed by atoms with Gasteiger partial charge in [-0.05, 0) is 12.8 Å². The Bertz CT molecular complexity index is 305. The Kier molecular flexibility index (Phi) is 1.40. The molecule has 2 heterocycles. The molecule has 0 bridgehead atoms. The molecule has 3 unspecified atom stereocenters. The van der Waals surface area contributed by atoms with Crippen molar-refractivity contribution < 1.29 is 4.79 Å². The Morgan fingerprint density at radius 3 is 3.15 bits per heavy atom. The molecule has 0 aromatic heterocycles. The quantitative estimate of drug-likeness (QED) is 0.509. The molecule has 13 heavy (non-hydrogen) atoms. The fraction of sp³-hybridized carbons (Fsp3) is 0.545. The third-order valence-corrected chi connectivity index (χ3v) is 3.46. The number of carbonyl (C=O) groups is 1. The van der Waals surface area contributed by atoms with E-state index in [0.29, 0.717) is 23.8 Å². The predicted octanol–water partition coefficient (Wildman–Crippen LogP) is 1.35. The number of hydrogen-bond acceptors (Lipinski definition) is 1. The highest BCUT2D eigenvalue weighted by Gasteiger charge is 2.46. The lowest BCUT2D eigenvalue weighted by atomic mass is 9.83. The van der Waals surface area contributed by atoms with Gasteiger partial charge in [0.05, 0.1) is 6.04 Å². The Balaban J connectivity index is 2.00. The van der Waals surface area contributed by atoms with Crippen molar-refractivity contribution in [3.05, 3.63) is 24.3 Å². The van der Waals surface area contributed by atoms with Gasteiger partial charge in [-0.3, -0.25) is 4.79 Å². The Morgan fingerprint density at radius 1 is 1.31 bits per heavy atom. The van der Waals surface area contributed by atoms with Gasteiger partial charge in [-0.15, -0.1) is 0 Å². The van der Waals surface area contributed by atoms with Gasteiger partial charge in [0, 0.05) is 18.4 Å². The van der Waals surface area contributed by atoms with Crippen molar-refractivity contribution in [1.29, 1.82) is 0 Å². The zero-order chi connectivity index (χ0) is 8.84. The zero-order valence-electron chi connectivity index (χ0n) is 7.52. The summed E-state index contributed by atoms with van der Waals surface area (Å²) in [4.78, 5) is 13.9. The topological polar surface area (TPSA) is 20.3 Å². The molecule has 0 radical (unpaired) electrons. The third-order valence-electron chi connectivity index (χ3n) is 3.46. The van der Waals surface area contributed by atoms with Crippen LogP contribution in [0, 0.1) is 11.8 Å². The first-order chi connectivity index (χ1) is 6.38. The summed E-state index contributed by atoms with van der Waals surface area (Å²) in [6, 6.07) is 0.383. The highest BCUT2D eigenvalue weighted by Crippen LogP contribution is 2.40. The van der Waals surface area contributed by atoms with E-state index in [1.807, 2.05) is 4.90 Å².